The molecule has 0 amide bonds. The summed E-state index contributed by atoms with van der Waals surface area (Å²) in [6.45, 7) is 2.43. The molecule has 16 heavy (non-hydrogen) atoms. The van der Waals surface area contributed by atoms with Gasteiger partial charge >= 0.3 is 0 Å². The van der Waals surface area contributed by atoms with Crippen LogP contribution in [0.1, 0.15) is 11.3 Å². The van der Waals surface area contributed by atoms with Crippen molar-refractivity contribution in [2.24, 2.45) is 0 Å². The molecule has 0 aliphatic carbocycles. The molecule has 1 N–H and O–H groups in total. The van der Waals surface area contributed by atoms with Crippen molar-refractivity contribution in [3.63, 3.8) is 0 Å². The highest BCUT2D eigenvalue weighted by Crippen LogP contribution is 2.25. The lowest BCUT2D eigenvalue weighted by atomic mass is 10.2. The SMILES string of the molecule is Cc1ccoc1CNc1c(F)cccc1Br. The molecule has 0 saturated carbocycles. The molecule has 0 atom stereocenters. The molecule has 2 aromatic rings. The molecule has 0 fully saturated rings. The minimum Gasteiger partial charge on any atom is -0.467 e. The lowest BCUT2D eigenvalue weighted by molar-refractivity contribution is 0.514. The Morgan fingerprint density at radius 2 is 2.19 bits per heavy atom. The lowest BCUT2D eigenvalue weighted by Crippen LogP contribution is -2.02. The Balaban J connectivity index is 2.14. The smallest absolute Gasteiger partial charge is 0.147 e. The maximum Gasteiger partial charge on any atom is 0.147 e. The predicted molar refractivity (Wildman–Crippen MR) is 64.9 cm³/mol. The van der Waals surface area contributed by atoms with Crippen LogP contribution < -0.4 is 5.32 Å². The van der Waals surface area contributed by atoms with Gasteiger partial charge in [-0.05, 0) is 46.6 Å². The Kier molecular flexibility index (Phi) is 3.29. The zero-order valence-corrected chi connectivity index (χ0v) is 10.3. The number of para-hydroxylation sites is 1. The van der Waals surface area contributed by atoms with Gasteiger partial charge in [0.1, 0.15) is 11.6 Å². The molecule has 1 aromatic heterocycles. The summed E-state index contributed by atoms with van der Waals surface area (Å²) < 4.78 is 19.4. The molecule has 0 unspecified atom stereocenters. The first-order valence-corrected chi connectivity index (χ1v) is 5.68. The molecule has 0 aliphatic heterocycles. The molecule has 0 aliphatic rings. The van der Waals surface area contributed by atoms with Crippen LogP contribution in [0.15, 0.2) is 39.4 Å². The topological polar surface area (TPSA) is 25.2 Å². The number of anilines is 1. The van der Waals surface area contributed by atoms with E-state index in [-0.39, 0.29) is 5.82 Å². The van der Waals surface area contributed by atoms with Crippen LogP contribution in [0.2, 0.25) is 0 Å². The summed E-state index contributed by atoms with van der Waals surface area (Å²) in [5, 5.41) is 3.01. The van der Waals surface area contributed by atoms with Crippen molar-refractivity contribution in [3.05, 3.63) is 52.1 Å². The van der Waals surface area contributed by atoms with Crippen molar-refractivity contribution in [3.8, 4) is 0 Å². The van der Waals surface area contributed by atoms with Crippen molar-refractivity contribution in [1.29, 1.82) is 0 Å². The van der Waals surface area contributed by atoms with E-state index in [1.54, 1.807) is 18.4 Å². The van der Waals surface area contributed by atoms with E-state index in [9.17, 15) is 4.39 Å². The molecular weight excluding hydrogens is 273 g/mol. The molecule has 1 heterocycles. The molecular formula is C12H11BrFNO. The second-order valence-corrected chi connectivity index (χ2v) is 4.33. The summed E-state index contributed by atoms with van der Waals surface area (Å²) in [4.78, 5) is 0. The van der Waals surface area contributed by atoms with Gasteiger partial charge in [-0.15, -0.1) is 0 Å². The van der Waals surface area contributed by atoms with Gasteiger partial charge in [0.05, 0.1) is 18.5 Å². The summed E-state index contributed by atoms with van der Waals surface area (Å²) in [6, 6.07) is 6.75. The second-order valence-electron chi connectivity index (χ2n) is 3.48. The Hall–Kier alpha value is -1.29. The van der Waals surface area contributed by atoms with Gasteiger partial charge in [-0.25, -0.2) is 4.39 Å². The summed E-state index contributed by atoms with van der Waals surface area (Å²) in [5.74, 6) is 0.536. The molecule has 4 heteroatoms. The van der Waals surface area contributed by atoms with E-state index in [2.05, 4.69) is 21.2 Å². The maximum atomic E-state index is 13.5. The number of rotatable bonds is 3. The van der Waals surface area contributed by atoms with Crippen LogP contribution >= 0.6 is 15.9 Å². The molecule has 84 valence electrons. The monoisotopic (exact) mass is 283 g/mol. The molecule has 1 aromatic carbocycles. The predicted octanol–water partition coefficient (Wildman–Crippen LogP) is 4.10. The van der Waals surface area contributed by atoms with E-state index in [0.717, 1.165) is 11.3 Å². The van der Waals surface area contributed by atoms with Crippen molar-refractivity contribution in [2.75, 3.05) is 5.32 Å². The largest absolute Gasteiger partial charge is 0.467 e. The van der Waals surface area contributed by atoms with E-state index >= 15 is 0 Å². The number of benzene rings is 1. The third-order valence-electron chi connectivity index (χ3n) is 2.36. The fourth-order valence-corrected chi connectivity index (χ4v) is 1.90. The van der Waals surface area contributed by atoms with E-state index in [0.29, 0.717) is 16.7 Å². The zero-order chi connectivity index (χ0) is 11.5. The van der Waals surface area contributed by atoms with Gasteiger partial charge in [0, 0.05) is 4.47 Å². The Morgan fingerprint density at radius 3 is 2.81 bits per heavy atom. The highest BCUT2D eigenvalue weighted by molar-refractivity contribution is 9.10. The van der Waals surface area contributed by atoms with Gasteiger partial charge in [0.15, 0.2) is 0 Å². The lowest BCUT2D eigenvalue weighted by Gasteiger charge is -2.08. The number of hydrogen-bond donors (Lipinski definition) is 1. The fourth-order valence-electron chi connectivity index (χ4n) is 1.42. The van der Waals surface area contributed by atoms with Crippen LogP contribution in [0, 0.1) is 12.7 Å². The highest BCUT2D eigenvalue weighted by Gasteiger charge is 2.07. The van der Waals surface area contributed by atoms with Crippen LogP contribution in [-0.2, 0) is 6.54 Å². The summed E-state index contributed by atoms with van der Waals surface area (Å²) in [6.07, 6.45) is 1.63. The van der Waals surface area contributed by atoms with Gasteiger partial charge in [-0.3, -0.25) is 0 Å². The minimum atomic E-state index is -0.279. The summed E-state index contributed by atoms with van der Waals surface area (Å²) in [7, 11) is 0. The minimum absolute atomic E-state index is 0.279. The average molecular weight is 284 g/mol. The standard InChI is InChI=1S/C12H11BrFNO/c1-8-5-6-16-11(8)7-15-12-9(13)3-2-4-10(12)14/h2-6,15H,7H2,1H3. The van der Waals surface area contributed by atoms with Crippen LogP contribution in [0.25, 0.3) is 0 Å². The summed E-state index contributed by atoms with van der Waals surface area (Å²) >= 11 is 3.30. The van der Waals surface area contributed by atoms with Crippen LogP contribution in [-0.4, -0.2) is 0 Å². The number of nitrogens with one attached hydrogen (secondary N) is 1. The van der Waals surface area contributed by atoms with Crippen molar-refractivity contribution >= 4 is 21.6 Å². The number of hydrogen-bond acceptors (Lipinski definition) is 2. The molecule has 2 rings (SSSR count). The zero-order valence-electron chi connectivity index (χ0n) is 8.76. The van der Waals surface area contributed by atoms with Gasteiger partial charge < -0.3 is 9.73 Å². The Bertz CT molecular complexity index is 475. The molecule has 2 nitrogen and oxygen atoms in total. The quantitative estimate of drug-likeness (QED) is 0.917. The first-order valence-electron chi connectivity index (χ1n) is 4.89. The maximum absolute atomic E-state index is 13.5. The number of aryl methyl sites for hydroxylation is 1. The van der Waals surface area contributed by atoms with Crippen molar-refractivity contribution in [1.82, 2.24) is 0 Å². The number of furan rings is 1. The first kappa shape index (κ1) is 11.2. The third-order valence-corrected chi connectivity index (χ3v) is 3.02. The summed E-state index contributed by atoms with van der Waals surface area (Å²) in [5.41, 5.74) is 1.51. The first-order chi connectivity index (χ1) is 7.68. The van der Waals surface area contributed by atoms with Crippen molar-refractivity contribution < 1.29 is 8.81 Å². The third kappa shape index (κ3) is 2.27. The second kappa shape index (κ2) is 4.70. The van der Waals surface area contributed by atoms with E-state index < -0.39 is 0 Å². The van der Waals surface area contributed by atoms with Gasteiger partial charge in [-0.2, -0.15) is 0 Å². The van der Waals surface area contributed by atoms with E-state index in [1.165, 1.54) is 6.07 Å². The molecule has 0 spiro atoms. The van der Waals surface area contributed by atoms with Crippen LogP contribution in [0.4, 0.5) is 10.1 Å². The highest BCUT2D eigenvalue weighted by atomic mass is 79.9. The molecule has 0 bridgehead atoms. The fraction of sp³-hybridized carbons (Fsp3) is 0.167. The van der Waals surface area contributed by atoms with Gasteiger partial charge in [0.25, 0.3) is 0 Å². The van der Waals surface area contributed by atoms with Gasteiger partial charge in [0.2, 0.25) is 0 Å². The van der Waals surface area contributed by atoms with E-state index in [1.807, 2.05) is 13.0 Å². The molecule has 0 radical (unpaired) electrons. The molecule has 0 saturated heterocycles. The van der Waals surface area contributed by atoms with Crippen LogP contribution in [0.3, 0.4) is 0 Å². The normalized spacial score (nSPS) is 10.4. The van der Waals surface area contributed by atoms with Gasteiger partial charge in [-0.1, -0.05) is 6.07 Å². The number of halogens is 2. The Labute approximate surface area is 102 Å². The average Bonchev–Trinajstić information content (AvgIpc) is 2.64. The Morgan fingerprint density at radius 1 is 1.38 bits per heavy atom. The van der Waals surface area contributed by atoms with Crippen LogP contribution in [0.5, 0.6) is 0 Å². The van der Waals surface area contributed by atoms with Crippen molar-refractivity contribution in [2.45, 2.75) is 13.5 Å². The van der Waals surface area contributed by atoms with E-state index in [4.69, 9.17) is 4.42 Å².